The van der Waals surface area contributed by atoms with Crippen molar-refractivity contribution in [2.75, 3.05) is 23.3 Å². The van der Waals surface area contributed by atoms with Gasteiger partial charge in [-0.2, -0.15) is 13.2 Å². The van der Waals surface area contributed by atoms with Crippen LogP contribution in [0.2, 0.25) is 5.02 Å². The van der Waals surface area contributed by atoms with E-state index in [2.05, 4.69) is 5.32 Å². The predicted octanol–water partition coefficient (Wildman–Crippen LogP) is 5.03. The summed E-state index contributed by atoms with van der Waals surface area (Å²) in [6.45, 7) is -0.0365. The van der Waals surface area contributed by atoms with E-state index < -0.39 is 35.0 Å². The molecule has 2 aromatic carbocycles. The molecule has 27 heavy (non-hydrogen) atoms. The van der Waals surface area contributed by atoms with Crippen molar-refractivity contribution in [3.8, 4) is 0 Å². The molecular weight excluding hydrogens is 391 g/mol. The average Bonchev–Trinajstić information content (AvgIpc) is 2.55. The van der Waals surface area contributed by atoms with E-state index in [0.29, 0.717) is 24.9 Å². The van der Waals surface area contributed by atoms with Crippen LogP contribution < -0.4 is 10.2 Å². The van der Waals surface area contributed by atoms with Gasteiger partial charge in [0.1, 0.15) is 11.6 Å². The molecule has 0 atom stereocenters. The van der Waals surface area contributed by atoms with Crippen LogP contribution >= 0.6 is 11.6 Å². The van der Waals surface area contributed by atoms with Crippen molar-refractivity contribution in [3.63, 3.8) is 0 Å². The van der Waals surface area contributed by atoms with Gasteiger partial charge in [0.25, 0.3) is 0 Å². The molecule has 0 fully saturated rings. The summed E-state index contributed by atoms with van der Waals surface area (Å²) in [6.07, 6.45) is -3.68. The second kappa shape index (κ2) is 7.34. The van der Waals surface area contributed by atoms with Crippen LogP contribution in [0.1, 0.15) is 17.5 Å². The number of hydrogen-bond acceptors (Lipinski definition) is 2. The summed E-state index contributed by atoms with van der Waals surface area (Å²) in [5.41, 5.74) is -0.983. The largest absolute Gasteiger partial charge is 0.418 e. The van der Waals surface area contributed by atoms with Gasteiger partial charge in [0.2, 0.25) is 5.91 Å². The Morgan fingerprint density at radius 2 is 1.93 bits per heavy atom. The Labute approximate surface area is 156 Å². The van der Waals surface area contributed by atoms with Crippen molar-refractivity contribution in [2.24, 2.45) is 0 Å². The zero-order chi connectivity index (χ0) is 19.8. The normalized spacial score (nSPS) is 14.1. The van der Waals surface area contributed by atoms with Crippen LogP contribution in [0.3, 0.4) is 0 Å². The molecule has 9 heteroatoms. The molecule has 1 heterocycles. The van der Waals surface area contributed by atoms with E-state index in [1.807, 2.05) is 0 Å². The van der Waals surface area contributed by atoms with E-state index in [0.717, 1.165) is 18.2 Å². The minimum Gasteiger partial charge on any atom is -0.360 e. The van der Waals surface area contributed by atoms with Crippen molar-refractivity contribution >= 4 is 28.9 Å². The number of alkyl halides is 3. The summed E-state index contributed by atoms with van der Waals surface area (Å²) in [6, 6.07) is 4.92. The van der Waals surface area contributed by atoms with Crippen LogP contribution in [-0.4, -0.2) is 19.0 Å². The highest BCUT2D eigenvalue weighted by Crippen LogP contribution is 2.37. The first-order valence-corrected chi connectivity index (χ1v) is 8.42. The fourth-order valence-electron chi connectivity index (χ4n) is 3.12. The molecule has 0 saturated carbocycles. The summed E-state index contributed by atoms with van der Waals surface area (Å²) in [5, 5.41) is 2.08. The van der Waals surface area contributed by atoms with E-state index in [9.17, 15) is 26.7 Å². The molecule has 1 aliphatic heterocycles. The number of fused-ring (bicyclic) bond motifs is 1. The highest BCUT2D eigenvalue weighted by molar-refractivity contribution is 6.30. The number of benzene rings is 2. The molecule has 0 aliphatic carbocycles. The average molecular weight is 405 g/mol. The molecule has 144 valence electrons. The predicted molar refractivity (Wildman–Crippen MR) is 92.0 cm³/mol. The second-order valence-electron chi connectivity index (χ2n) is 6.16. The summed E-state index contributed by atoms with van der Waals surface area (Å²) in [5.74, 6) is -2.27. The number of nitrogens with zero attached hydrogens (tertiary/aromatic N) is 1. The molecule has 1 N–H and O–H groups in total. The number of anilines is 2. The van der Waals surface area contributed by atoms with Crippen LogP contribution in [0.5, 0.6) is 0 Å². The Morgan fingerprint density at radius 1 is 1.19 bits per heavy atom. The second-order valence-corrected chi connectivity index (χ2v) is 6.59. The molecule has 0 spiro atoms. The van der Waals surface area contributed by atoms with Gasteiger partial charge >= 0.3 is 6.18 Å². The van der Waals surface area contributed by atoms with Crippen molar-refractivity contribution in [1.29, 1.82) is 0 Å². The van der Waals surface area contributed by atoms with Crippen LogP contribution in [0.15, 0.2) is 30.3 Å². The standard InChI is InChI=1S/C18H14ClF5N2O/c19-11-3-4-15(13(7-11)18(22,23)24)25-16(27)9-26-5-1-2-10-6-12(20)8-14(21)17(10)26/h3-4,6-8H,1-2,5,9H2,(H,25,27). The maximum Gasteiger partial charge on any atom is 0.418 e. The zero-order valence-corrected chi connectivity index (χ0v) is 14.6. The minimum atomic E-state index is -4.70. The smallest absolute Gasteiger partial charge is 0.360 e. The van der Waals surface area contributed by atoms with Crippen LogP contribution in [-0.2, 0) is 17.4 Å². The molecule has 3 nitrogen and oxygen atoms in total. The lowest BCUT2D eigenvalue weighted by molar-refractivity contribution is -0.137. The lowest BCUT2D eigenvalue weighted by Crippen LogP contribution is -2.37. The maximum atomic E-state index is 14.1. The number of amides is 1. The van der Waals surface area contributed by atoms with Crippen LogP contribution in [0.25, 0.3) is 0 Å². The number of aryl methyl sites for hydroxylation is 1. The summed E-state index contributed by atoms with van der Waals surface area (Å²) < 4.78 is 66.9. The number of hydrogen-bond donors (Lipinski definition) is 1. The number of carbonyl (C=O) groups is 1. The maximum absolute atomic E-state index is 14.1. The van der Waals surface area contributed by atoms with E-state index in [1.165, 1.54) is 17.0 Å². The summed E-state index contributed by atoms with van der Waals surface area (Å²) in [7, 11) is 0. The summed E-state index contributed by atoms with van der Waals surface area (Å²) in [4.78, 5) is 13.7. The van der Waals surface area contributed by atoms with Gasteiger partial charge in [-0.05, 0) is 42.7 Å². The first-order chi connectivity index (χ1) is 12.6. The van der Waals surface area contributed by atoms with Gasteiger partial charge in [0.15, 0.2) is 0 Å². The van der Waals surface area contributed by atoms with Gasteiger partial charge in [-0.3, -0.25) is 4.79 Å². The Balaban J connectivity index is 1.81. The number of halogens is 6. The molecular formula is C18H14ClF5N2O. The summed E-state index contributed by atoms with van der Waals surface area (Å²) >= 11 is 5.61. The van der Waals surface area contributed by atoms with Gasteiger partial charge < -0.3 is 10.2 Å². The third kappa shape index (κ3) is 4.32. The Morgan fingerprint density at radius 3 is 2.63 bits per heavy atom. The molecule has 0 radical (unpaired) electrons. The van der Waals surface area contributed by atoms with Crippen molar-refractivity contribution < 1.29 is 26.7 Å². The third-order valence-corrected chi connectivity index (χ3v) is 4.43. The Hall–Kier alpha value is -2.35. The van der Waals surface area contributed by atoms with Crippen LogP contribution in [0.4, 0.5) is 33.3 Å². The lowest BCUT2D eigenvalue weighted by Gasteiger charge is -2.31. The topological polar surface area (TPSA) is 32.3 Å². The first kappa shape index (κ1) is 19.4. The third-order valence-electron chi connectivity index (χ3n) is 4.19. The molecule has 0 unspecified atom stereocenters. The Kier molecular flexibility index (Phi) is 5.28. The fraction of sp³-hybridized carbons (Fsp3) is 0.278. The van der Waals surface area contributed by atoms with Crippen molar-refractivity contribution in [1.82, 2.24) is 0 Å². The number of rotatable bonds is 3. The fourth-order valence-corrected chi connectivity index (χ4v) is 3.29. The quantitative estimate of drug-likeness (QED) is 0.728. The van der Waals surface area contributed by atoms with Gasteiger partial charge in [-0.15, -0.1) is 0 Å². The SMILES string of the molecule is O=C(CN1CCCc2cc(F)cc(F)c21)Nc1ccc(Cl)cc1C(F)(F)F. The molecule has 0 saturated heterocycles. The lowest BCUT2D eigenvalue weighted by atomic mass is 10.0. The zero-order valence-electron chi connectivity index (χ0n) is 13.8. The molecule has 1 amide bonds. The van der Waals surface area contributed by atoms with Gasteiger partial charge in [-0.25, -0.2) is 8.78 Å². The van der Waals surface area contributed by atoms with E-state index in [4.69, 9.17) is 11.6 Å². The molecule has 2 aromatic rings. The van der Waals surface area contributed by atoms with Crippen molar-refractivity contribution in [3.05, 3.63) is 58.1 Å². The molecule has 0 bridgehead atoms. The van der Waals surface area contributed by atoms with E-state index >= 15 is 0 Å². The first-order valence-electron chi connectivity index (χ1n) is 8.04. The molecule has 3 rings (SSSR count). The van der Waals surface area contributed by atoms with Crippen molar-refractivity contribution in [2.45, 2.75) is 19.0 Å². The number of nitrogens with one attached hydrogen (secondary N) is 1. The monoisotopic (exact) mass is 404 g/mol. The highest BCUT2D eigenvalue weighted by atomic mass is 35.5. The van der Waals surface area contributed by atoms with E-state index in [1.54, 1.807) is 0 Å². The van der Waals surface area contributed by atoms with Gasteiger partial charge in [0, 0.05) is 17.6 Å². The molecule has 0 aromatic heterocycles. The van der Waals surface area contributed by atoms with Gasteiger partial charge in [-0.1, -0.05) is 11.6 Å². The van der Waals surface area contributed by atoms with Gasteiger partial charge in [0.05, 0.1) is 23.5 Å². The highest BCUT2D eigenvalue weighted by Gasteiger charge is 2.34. The minimum absolute atomic E-state index is 0.102. The van der Waals surface area contributed by atoms with Crippen LogP contribution in [0, 0.1) is 11.6 Å². The van der Waals surface area contributed by atoms with E-state index in [-0.39, 0.29) is 17.3 Å². The Bertz CT molecular complexity index is 885. The molecule has 1 aliphatic rings. The number of carbonyl (C=O) groups excluding carboxylic acids is 1.